The highest BCUT2D eigenvalue weighted by atomic mass is 16.2. The van der Waals surface area contributed by atoms with Gasteiger partial charge >= 0.3 is 0 Å². The molecular weight excluding hydrogens is 274 g/mol. The van der Waals surface area contributed by atoms with E-state index in [-0.39, 0.29) is 17.3 Å². The molecule has 0 bridgehead atoms. The third-order valence-corrected chi connectivity index (χ3v) is 4.02. The molecule has 0 fully saturated rings. The first kappa shape index (κ1) is 14.3. The summed E-state index contributed by atoms with van der Waals surface area (Å²) in [6, 6.07) is 15.4. The number of benzene rings is 2. The maximum atomic E-state index is 12.6. The van der Waals surface area contributed by atoms with Crippen LogP contribution in [0.15, 0.2) is 54.1 Å². The number of ketones is 1. The Hall–Kier alpha value is -2.68. The predicted molar refractivity (Wildman–Crippen MR) is 86.7 cm³/mol. The third kappa shape index (κ3) is 2.15. The lowest BCUT2D eigenvalue weighted by Crippen LogP contribution is -2.23. The molecule has 110 valence electrons. The molecule has 1 aliphatic carbocycles. The molecule has 0 radical (unpaired) electrons. The molecule has 3 heteroatoms. The number of aryl methyl sites for hydroxylation is 1. The Morgan fingerprint density at radius 1 is 1.00 bits per heavy atom. The van der Waals surface area contributed by atoms with E-state index >= 15 is 0 Å². The van der Waals surface area contributed by atoms with E-state index in [9.17, 15) is 9.59 Å². The smallest absolute Gasteiger partial charge is 0.255 e. The Kier molecular flexibility index (Phi) is 3.63. The summed E-state index contributed by atoms with van der Waals surface area (Å²) in [6.45, 7) is 2.10. The number of fused-ring (bicyclic) bond motifs is 1. The normalized spacial score (nSPS) is 13.3. The molecule has 0 saturated heterocycles. The topological polar surface area (TPSA) is 46.2 Å². The lowest BCUT2D eigenvalue weighted by molar-refractivity contribution is -0.116. The van der Waals surface area contributed by atoms with Crippen LogP contribution in [0.3, 0.4) is 0 Å². The molecule has 0 aliphatic heterocycles. The average Bonchev–Trinajstić information content (AvgIpc) is 2.87. The Morgan fingerprint density at radius 3 is 2.23 bits per heavy atom. The van der Waals surface area contributed by atoms with Gasteiger partial charge in [0.25, 0.3) is 5.91 Å². The summed E-state index contributed by atoms with van der Waals surface area (Å²) in [6.07, 6.45) is 0.956. The van der Waals surface area contributed by atoms with Crippen LogP contribution < -0.4 is 5.32 Å². The second kappa shape index (κ2) is 5.60. The van der Waals surface area contributed by atoms with Crippen LogP contribution >= 0.6 is 0 Å². The van der Waals surface area contributed by atoms with Gasteiger partial charge in [0, 0.05) is 18.2 Å². The van der Waals surface area contributed by atoms with Gasteiger partial charge in [0.1, 0.15) is 0 Å². The number of carbonyl (C=O) groups is 2. The molecule has 1 amide bonds. The van der Waals surface area contributed by atoms with Crippen LogP contribution in [0.1, 0.15) is 34.0 Å². The first-order chi connectivity index (χ1) is 10.7. The van der Waals surface area contributed by atoms with Gasteiger partial charge in [0.15, 0.2) is 5.78 Å². The summed E-state index contributed by atoms with van der Waals surface area (Å²) in [5, 5.41) is 2.58. The van der Waals surface area contributed by atoms with E-state index in [4.69, 9.17) is 0 Å². The number of hydrogen-bond acceptors (Lipinski definition) is 2. The molecule has 0 aromatic heterocycles. The molecule has 0 unspecified atom stereocenters. The quantitative estimate of drug-likeness (QED) is 0.884. The van der Waals surface area contributed by atoms with Gasteiger partial charge in [-0.2, -0.15) is 0 Å². The van der Waals surface area contributed by atoms with Crippen LogP contribution in [0.4, 0.5) is 0 Å². The van der Waals surface area contributed by atoms with Crippen molar-refractivity contribution in [2.75, 3.05) is 7.05 Å². The monoisotopic (exact) mass is 291 g/mol. The molecule has 1 N–H and O–H groups in total. The van der Waals surface area contributed by atoms with Crippen LogP contribution in [0, 0.1) is 0 Å². The highest BCUT2D eigenvalue weighted by Crippen LogP contribution is 2.37. The fraction of sp³-hybridized carbons (Fsp3) is 0.158. The van der Waals surface area contributed by atoms with E-state index in [0.717, 1.165) is 23.1 Å². The minimum absolute atomic E-state index is 0.204. The van der Waals surface area contributed by atoms with Crippen molar-refractivity contribution in [3.05, 3.63) is 76.4 Å². The Balaban J connectivity index is 2.23. The zero-order valence-electron chi connectivity index (χ0n) is 12.6. The maximum Gasteiger partial charge on any atom is 0.255 e. The zero-order valence-corrected chi connectivity index (χ0v) is 12.6. The Morgan fingerprint density at radius 2 is 1.64 bits per heavy atom. The van der Waals surface area contributed by atoms with Gasteiger partial charge in [-0.15, -0.1) is 0 Å². The van der Waals surface area contributed by atoms with Crippen LogP contribution in [0.2, 0.25) is 0 Å². The first-order valence-electron chi connectivity index (χ1n) is 7.37. The van der Waals surface area contributed by atoms with Gasteiger partial charge < -0.3 is 5.32 Å². The fourth-order valence-corrected chi connectivity index (χ4v) is 2.83. The third-order valence-electron chi connectivity index (χ3n) is 4.02. The number of nitrogens with one attached hydrogen (secondary N) is 1. The van der Waals surface area contributed by atoms with E-state index in [1.54, 1.807) is 13.1 Å². The molecule has 3 rings (SSSR count). The SMILES string of the molecule is CCc1ccc(C2=C(C(=O)NC)C(=O)c3ccccc32)cc1. The molecule has 2 aromatic carbocycles. The van der Waals surface area contributed by atoms with Crippen molar-refractivity contribution in [1.82, 2.24) is 5.32 Å². The largest absolute Gasteiger partial charge is 0.355 e. The second-order valence-electron chi connectivity index (χ2n) is 5.25. The predicted octanol–water partition coefficient (Wildman–Crippen LogP) is 2.99. The van der Waals surface area contributed by atoms with E-state index in [1.165, 1.54) is 5.56 Å². The van der Waals surface area contributed by atoms with Crippen LogP contribution in [0.5, 0.6) is 0 Å². The highest BCUT2D eigenvalue weighted by molar-refractivity contribution is 6.36. The van der Waals surface area contributed by atoms with E-state index in [0.29, 0.717) is 5.56 Å². The van der Waals surface area contributed by atoms with Gasteiger partial charge in [0.2, 0.25) is 0 Å². The van der Waals surface area contributed by atoms with Gasteiger partial charge in [-0.25, -0.2) is 0 Å². The molecule has 0 spiro atoms. The molecule has 2 aromatic rings. The summed E-state index contributed by atoms with van der Waals surface area (Å²) < 4.78 is 0. The van der Waals surface area contributed by atoms with Crippen LogP contribution in [0.25, 0.3) is 5.57 Å². The molecule has 22 heavy (non-hydrogen) atoms. The van der Waals surface area contributed by atoms with E-state index in [2.05, 4.69) is 12.2 Å². The van der Waals surface area contributed by atoms with Crippen molar-refractivity contribution in [1.29, 1.82) is 0 Å². The van der Waals surface area contributed by atoms with Gasteiger partial charge in [-0.1, -0.05) is 55.5 Å². The second-order valence-corrected chi connectivity index (χ2v) is 5.25. The minimum atomic E-state index is -0.337. The molecule has 3 nitrogen and oxygen atoms in total. The van der Waals surface area contributed by atoms with Gasteiger partial charge in [-0.3, -0.25) is 9.59 Å². The minimum Gasteiger partial charge on any atom is -0.355 e. The Bertz CT molecular complexity index is 785. The number of hydrogen-bond donors (Lipinski definition) is 1. The van der Waals surface area contributed by atoms with Crippen molar-refractivity contribution in [2.24, 2.45) is 0 Å². The van der Waals surface area contributed by atoms with Crippen molar-refractivity contribution >= 4 is 17.3 Å². The van der Waals surface area contributed by atoms with Gasteiger partial charge in [0.05, 0.1) is 5.57 Å². The lowest BCUT2D eigenvalue weighted by Gasteiger charge is -2.08. The highest BCUT2D eigenvalue weighted by Gasteiger charge is 2.33. The summed E-state index contributed by atoms with van der Waals surface area (Å²) in [5.41, 5.74) is 4.50. The lowest BCUT2D eigenvalue weighted by atomic mass is 9.96. The number of likely N-dealkylation sites (N-methyl/N-ethyl adjacent to an activating group) is 1. The van der Waals surface area contributed by atoms with Crippen LogP contribution in [-0.2, 0) is 11.2 Å². The van der Waals surface area contributed by atoms with Crippen molar-refractivity contribution in [3.63, 3.8) is 0 Å². The van der Waals surface area contributed by atoms with Crippen molar-refractivity contribution in [3.8, 4) is 0 Å². The fourth-order valence-electron chi connectivity index (χ4n) is 2.83. The van der Waals surface area contributed by atoms with E-state index < -0.39 is 0 Å². The summed E-state index contributed by atoms with van der Waals surface area (Å²) in [5.74, 6) is -0.541. The standard InChI is InChI=1S/C19H17NO2/c1-3-12-8-10-13(11-9-12)16-14-6-4-5-7-15(14)18(21)17(16)19(22)20-2/h4-11H,3H2,1-2H3,(H,20,22). The Labute approximate surface area is 129 Å². The maximum absolute atomic E-state index is 12.6. The number of amides is 1. The molecule has 1 aliphatic rings. The van der Waals surface area contributed by atoms with Crippen molar-refractivity contribution in [2.45, 2.75) is 13.3 Å². The average molecular weight is 291 g/mol. The molecule has 0 saturated carbocycles. The summed E-state index contributed by atoms with van der Waals surface area (Å²) >= 11 is 0. The summed E-state index contributed by atoms with van der Waals surface area (Å²) in [4.78, 5) is 24.8. The zero-order chi connectivity index (χ0) is 15.7. The van der Waals surface area contributed by atoms with Crippen molar-refractivity contribution < 1.29 is 9.59 Å². The van der Waals surface area contributed by atoms with Crippen LogP contribution in [-0.4, -0.2) is 18.7 Å². The number of rotatable bonds is 3. The number of Topliss-reactive ketones (excluding diaryl/α,β-unsaturated/α-hetero) is 1. The molecule has 0 heterocycles. The summed E-state index contributed by atoms with van der Waals surface area (Å²) in [7, 11) is 1.55. The number of carbonyl (C=O) groups excluding carboxylic acids is 2. The van der Waals surface area contributed by atoms with Gasteiger partial charge in [-0.05, 0) is 23.1 Å². The molecule has 0 atom stereocenters. The van der Waals surface area contributed by atoms with E-state index in [1.807, 2.05) is 42.5 Å². The first-order valence-corrected chi connectivity index (χ1v) is 7.37. The molecular formula is C19H17NO2.